The number of nitro groups is 1. The van der Waals surface area contributed by atoms with Crippen molar-refractivity contribution in [2.45, 2.75) is 6.61 Å². The smallest absolute Gasteiger partial charge is 0.312 e. The molecule has 0 saturated heterocycles. The van der Waals surface area contributed by atoms with E-state index in [9.17, 15) is 10.1 Å². The van der Waals surface area contributed by atoms with Crippen LogP contribution in [0.25, 0.3) is 0 Å². The maximum Gasteiger partial charge on any atom is 0.312 e. The number of hydrogen-bond donors (Lipinski definition) is 1. The van der Waals surface area contributed by atoms with E-state index in [2.05, 4.69) is 0 Å². The molecule has 0 saturated carbocycles. The summed E-state index contributed by atoms with van der Waals surface area (Å²) in [5.74, 6) is 0.0619. The number of anilines is 1. The average molecular weight is 313 g/mol. The first kappa shape index (κ1) is 14.4. The third kappa shape index (κ3) is 3.31. The van der Waals surface area contributed by atoms with Crippen LogP contribution in [0, 0.1) is 10.1 Å². The number of ether oxygens (including phenoxy) is 1. The van der Waals surface area contributed by atoms with Gasteiger partial charge in [-0.25, -0.2) is 0 Å². The monoisotopic (exact) mass is 312 g/mol. The van der Waals surface area contributed by atoms with Crippen molar-refractivity contribution in [1.29, 1.82) is 0 Å². The van der Waals surface area contributed by atoms with Crippen molar-refractivity contribution in [3.63, 3.8) is 0 Å². The molecular weight excluding hydrogens is 303 g/mol. The van der Waals surface area contributed by atoms with E-state index in [0.717, 1.165) is 5.56 Å². The Kier molecular flexibility index (Phi) is 4.32. The molecular formula is C13H10Cl2N2O3. The van der Waals surface area contributed by atoms with Crippen molar-refractivity contribution in [3.8, 4) is 5.75 Å². The quantitative estimate of drug-likeness (QED) is 0.524. The molecule has 0 aliphatic rings. The molecule has 104 valence electrons. The van der Waals surface area contributed by atoms with Gasteiger partial charge in [-0.3, -0.25) is 10.1 Å². The predicted octanol–water partition coefficient (Wildman–Crippen LogP) is 4.06. The minimum atomic E-state index is -0.573. The zero-order valence-corrected chi connectivity index (χ0v) is 11.7. The van der Waals surface area contributed by atoms with Crippen molar-refractivity contribution < 1.29 is 9.66 Å². The van der Waals surface area contributed by atoms with E-state index in [1.165, 1.54) is 12.1 Å². The van der Waals surface area contributed by atoms with Gasteiger partial charge in [-0.15, -0.1) is 0 Å². The van der Waals surface area contributed by atoms with Crippen LogP contribution < -0.4 is 10.5 Å². The van der Waals surface area contributed by atoms with Crippen molar-refractivity contribution in [2.24, 2.45) is 0 Å². The molecule has 0 aliphatic heterocycles. The molecule has 0 radical (unpaired) electrons. The Labute approximate surface area is 125 Å². The predicted molar refractivity (Wildman–Crippen MR) is 78.3 cm³/mol. The topological polar surface area (TPSA) is 78.4 Å². The average Bonchev–Trinajstić information content (AvgIpc) is 2.39. The molecule has 0 unspecified atom stereocenters. The number of nitrogen functional groups attached to an aromatic ring is 1. The first-order valence-electron chi connectivity index (χ1n) is 5.58. The van der Waals surface area contributed by atoms with E-state index in [1.807, 2.05) is 0 Å². The summed E-state index contributed by atoms with van der Waals surface area (Å²) in [7, 11) is 0. The highest BCUT2D eigenvalue weighted by molar-refractivity contribution is 6.42. The van der Waals surface area contributed by atoms with Crippen LogP contribution >= 0.6 is 23.2 Å². The number of nitrogens with two attached hydrogens (primary N) is 1. The Hall–Kier alpha value is -1.98. The summed E-state index contributed by atoms with van der Waals surface area (Å²) >= 11 is 11.6. The number of benzene rings is 2. The second-order valence-electron chi connectivity index (χ2n) is 4.02. The maximum absolute atomic E-state index is 11.0. The molecule has 0 fully saturated rings. The lowest BCUT2D eigenvalue weighted by atomic mass is 10.2. The molecule has 20 heavy (non-hydrogen) atoms. The Bertz CT molecular complexity index is 662. The minimum absolute atomic E-state index is 0.0619. The molecule has 7 heteroatoms. The van der Waals surface area contributed by atoms with Gasteiger partial charge >= 0.3 is 5.69 Å². The lowest BCUT2D eigenvalue weighted by Crippen LogP contribution is -2.00. The van der Waals surface area contributed by atoms with Crippen LogP contribution in [0.4, 0.5) is 11.4 Å². The molecule has 5 nitrogen and oxygen atoms in total. The summed E-state index contributed by atoms with van der Waals surface area (Å²) < 4.78 is 5.44. The third-order valence-corrected chi connectivity index (χ3v) is 3.27. The summed E-state index contributed by atoms with van der Waals surface area (Å²) in [4.78, 5) is 10.4. The summed E-state index contributed by atoms with van der Waals surface area (Å²) in [5, 5.41) is 11.3. The molecule has 2 N–H and O–H groups in total. The van der Waals surface area contributed by atoms with Crippen LogP contribution in [-0.4, -0.2) is 4.92 Å². The summed E-state index contributed by atoms with van der Waals surface area (Å²) in [6.45, 7) is 0.143. The fraction of sp³-hybridized carbons (Fsp3) is 0.0769. The van der Waals surface area contributed by atoms with Crippen LogP contribution in [0.2, 0.25) is 10.0 Å². The molecule has 0 heterocycles. The third-order valence-electron chi connectivity index (χ3n) is 2.54. The Balaban J connectivity index is 2.24. The van der Waals surface area contributed by atoms with E-state index in [-0.39, 0.29) is 28.1 Å². The van der Waals surface area contributed by atoms with Crippen LogP contribution in [0.15, 0.2) is 36.4 Å². The zero-order valence-electron chi connectivity index (χ0n) is 10.2. The largest absolute Gasteiger partial charge is 0.482 e. The molecule has 0 atom stereocenters. The van der Waals surface area contributed by atoms with Gasteiger partial charge in [0.15, 0.2) is 5.75 Å². The summed E-state index contributed by atoms with van der Waals surface area (Å²) in [6.07, 6.45) is 0. The first-order chi connectivity index (χ1) is 9.47. The number of hydrogen-bond acceptors (Lipinski definition) is 4. The number of rotatable bonds is 4. The van der Waals surface area contributed by atoms with Crippen molar-refractivity contribution in [3.05, 3.63) is 62.1 Å². The maximum atomic E-state index is 11.0. The number of nitrogens with zero attached hydrogens (tertiary/aromatic N) is 1. The van der Waals surface area contributed by atoms with E-state index in [0.29, 0.717) is 5.69 Å². The van der Waals surface area contributed by atoms with Crippen LogP contribution in [0.1, 0.15) is 5.56 Å². The van der Waals surface area contributed by atoms with Gasteiger partial charge in [-0.05, 0) is 17.7 Å². The van der Waals surface area contributed by atoms with Gasteiger partial charge in [-0.1, -0.05) is 35.3 Å². The lowest BCUT2D eigenvalue weighted by Gasteiger charge is -2.08. The van der Waals surface area contributed by atoms with Gasteiger partial charge in [0.25, 0.3) is 0 Å². The van der Waals surface area contributed by atoms with E-state index < -0.39 is 4.92 Å². The zero-order chi connectivity index (χ0) is 14.7. The Morgan fingerprint density at radius 2 is 1.90 bits per heavy atom. The minimum Gasteiger partial charge on any atom is -0.482 e. The van der Waals surface area contributed by atoms with Crippen molar-refractivity contribution >= 4 is 34.6 Å². The van der Waals surface area contributed by atoms with Crippen molar-refractivity contribution in [2.75, 3.05) is 5.73 Å². The number of halogens is 2. The highest BCUT2D eigenvalue weighted by Crippen LogP contribution is 2.36. The van der Waals surface area contributed by atoms with Gasteiger partial charge in [0.1, 0.15) is 6.61 Å². The van der Waals surface area contributed by atoms with Gasteiger partial charge in [0.2, 0.25) is 0 Å². The highest BCUT2D eigenvalue weighted by atomic mass is 35.5. The standard InChI is InChI=1S/C13H10Cl2N2O3/c14-10-5-12(17(18)19)13(6-11(10)15)20-7-8-2-1-3-9(16)4-8/h1-6H,7,16H2. The molecule has 0 aliphatic carbocycles. The normalized spacial score (nSPS) is 10.3. The molecule has 2 rings (SSSR count). The summed E-state index contributed by atoms with van der Waals surface area (Å²) in [6, 6.07) is 9.54. The van der Waals surface area contributed by atoms with E-state index in [4.69, 9.17) is 33.7 Å². The van der Waals surface area contributed by atoms with Gasteiger partial charge in [-0.2, -0.15) is 0 Å². The highest BCUT2D eigenvalue weighted by Gasteiger charge is 2.18. The second kappa shape index (κ2) is 5.98. The molecule has 0 spiro atoms. The fourth-order valence-electron chi connectivity index (χ4n) is 1.62. The molecule has 2 aromatic carbocycles. The summed E-state index contributed by atoms with van der Waals surface area (Å²) in [5.41, 5.74) is 6.80. The molecule has 2 aromatic rings. The van der Waals surface area contributed by atoms with Gasteiger partial charge < -0.3 is 10.5 Å². The van der Waals surface area contributed by atoms with Crippen LogP contribution in [0.5, 0.6) is 5.75 Å². The molecule has 0 bridgehead atoms. The molecule has 0 amide bonds. The first-order valence-corrected chi connectivity index (χ1v) is 6.33. The SMILES string of the molecule is Nc1cccc(COc2cc(Cl)c(Cl)cc2[N+](=O)[O-])c1. The van der Waals surface area contributed by atoms with Crippen molar-refractivity contribution in [1.82, 2.24) is 0 Å². The van der Waals surface area contributed by atoms with Crippen LogP contribution in [0.3, 0.4) is 0 Å². The second-order valence-corrected chi connectivity index (χ2v) is 4.84. The lowest BCUT2D eigenvalue weighted by molar-refractivity contribution is -0.385. The van der Waals surface area contributed by atoms with Gasteiger partial charge in [0, 0.05) is 17.8 Å². The molecule has 0 aromatic heterocycles. The Morgan fingerprint density at radius 1 is 1.20 bits per heavy atom. The number of nitro benzene ring substituents is 1. The van der Waals surface area contributed by atoms with E-state index in [1.54, 1.807) is 24.3 Å². The fourth-order valence-corrected chi connectivity index (χ4v) is 1.93. The van der Waals surface area contributed by atoms with Gasteiger partial charge in [0.05, 0.1) is 15.0 Å². The Morgan fingerprint density at radius 3 is 2.55 bits per heavy atom. The van der Waals surface area contributed by atoms with Crippen LogP contribution in [-0.2, 0) is 6.61 Å². The van der Waals surface area contributed by atoms with E-state index >= 15 is 0 Å².